The average Bonchev–Trinajstić information content (AvgIpc) is 3.30. The molecule has 0 fully saturated rings. The van der Waals surface area contributed by atoms with Crippen molar-refractivity contribution < 1.29 is 14.3 Å². The highest BCUT2D eigenvalue weighted by Gasteiger charge is 2.33. The average molecular weight is 647 g/mol. The molecule has 3 aromatic carbocycles. The molecule has 0 bridgehead atoms. The van der Waals surface area contributed by atoms with E-state index in [9.17, 15) is 14.9 Å². The van der Waals surface area contributed by atoms with Crippen molar-refractivity contribution in [2.45, 2.75) is 46.3 Å². The van der Waals surface area contributed by atoms with Crippen LogP contribution < -0.4 is 19.6 Å². The number of ether oxygens (including phenoxy) is 2. The summed E-state index contributed by atoms with van der Waals surface area (Å²) in [4.78, 5) is 32.2. The van der Waals surface area contributed by atoms with Crippen molar-refractivity contribution >= 4 is 46.6 Å². The number of carbonyl (C=O) groups excluding carboxylic acids is 1. The lowest BCUT2D eigenvalue weighted by Gasteiger charge is -2.25. The first-order valence-corrected chi connectivity index (χ1v) is 15.6. The molecule has 10 heteroatoms. The SMILES string of the molecule is CCOC(=O)C1=C(C)N=c2s/c(=C/c3cc(Cl)c(OCc4ccccc4C#N)c(Cl)c3)c(=O)n2C1c1ccc(C(C)C)cc1. The molecule has 44 heavy (non-hydrogen) atoms. The molecule has 0 spiro atoms. The first-order chi connectivity index (χ1) is 21.1. The van der Waals surface area contributed by atoms with Gasteiger partial charge in [0.2, 0.25) is 0 Å². The van der Waals surface area contributed by atoms with Crippen molar-refractivity contribution in [1.82, 2.24) is 4.57 Å². The minimum atomic E-state index is -0.701. The molecule has 0 amide bonds. The fourth-order valence-electron chi connectivity index (χ4n) is 5.03. The van der Waals surface area contributed by atoms with Gasteiger partial charge < -0.3 is 9.47 Å². The Hall–Kier alpha value is -4.16. The minimum Gasteiger partial charge on any atom is -0.486 e. The number of fused-ring (bicyclic) bond motifs is 1. The molecule has 1 aliphatic heterocycles. The van der Waals surface area contributed by atoms with Crippen LogP contribution in [-0.2, 0) is 16.1 Å². The summed E-state index contributed by atoms with van der Waals surface area (Å²) in [6.07, 6.45) is 1.69. The van der Waals surface area contributed by atoms with E-state index in [2.05, 4.69) is 24.9 Å². The van der Waals surface area contributed by atoms with Crippen LogP contribution in [0.5, 0.6) is 5.75 Å². The molecule has 2 heterocycles. The molecule has 224 valence electrons. The first kappa shape index (κ1) is 31.3. The van der Waals surface area contributed by atoms with Crippen LogP contribution in [-0.4, -0.2) is 17.1 Å². The topological polar surface area (TPSA) is 93.7 Å². The Morgan fingerprint density at radius 2 is 1.82 bits per heavy atom. The van der Waals surface area contributed by atoms with E-state index in [1.54, 1.807) is 54.8 Å². The molecule has 7 nitrogen and oxygen atoms in total. The number of aromatic nitrogens is 1. The monoisotopic (exact) mass is 645 g/mol. The van der Waals surface area contributed by atoms with Crippen LogP contribution in [0.1, 0.15) is 67.5 Å². The fourth-order valence-corrected chi connectivity index (χ4v) is 6.69. The molecule has 0 saturated carbocycles. The summed E-state index contributed by atoms with van der Waals surface area (Å²) in [6, 6.07) is 19.8. The Morgan fingerprint density at radius 1 is 1.14 bits per heavy atom. The Bertz CT molecular complexity index is 1980. The number of rotatable bonds is 8. The van der Waals surface area contributed by atoms with Gasteiger partial charge in [0, 0.05) is 5.56 Å². The van der Waals surface area contributed by atoms with Gasteiger partial charge in [-0.05, 0) is 60.7 Å². The van der Waals surface area contributed by atoms with E-state index in [4.69, 9.17) is 32.7 Å². The molecule has 1 aliphatic rings. The zero-order valence-corrected chi connectivity index (χ0v) is 26.9. The third kappa shape index (κ3) is 6.22. The number of carbonyl (C=O) groups is 1. The molecule has 1 unspecified atom stereocenters. The van der Waals surface area contributed by atoms with Crippen LogP contribution in [0, 0.1) is 11.3 Å². The molecule has 0 N–H and O–H groups in total. The van der Waals surface area contributed by atoms with Crippen molar-refractivity contribution in [2.75, 3.05) is 6.61 Å². The number of allylic oxidation sites excluding steroid dienone is 1. The van der Waals surface area contributed by atoms with Crippen molar-refractivity contribution in [3.05, 3.63) is 129 Å². The highest BCUT2D eigenvalue weighted by Crippen LogP contribution is 2.35. The molecule has 5 rings (SSSR count). The Labute approximate surface area is 268 Å². The van der Waals surface area contributed by atoms with Gasteiger partial charge in [0.1, 0.15) is 6.61 Å². The summed E-state index contributed by atoms with van der Waals surface area (Å²) in [5.41, 5.74) is 4.25. The summed E-state index contributed by atoms with van der Waals surface area (Å²) in [5, 5.41) is 9.87. The number of nitriles is 1. The van der Waals surface area contributed by atoms with Crippen LogP contribution in [0.4, 0.5) is 0 Å². The van der Waals surface area contributed by atoms with Crippen LogP contribution in [0.15, 0.2) is 81.7 Å². The second-order valence-corrected chi connectivity index (χ2v) is 12.3. The van der Waals surface area contributed by atoms with Crippen LogP contribution in [0.25, 0.3) is 6.08 Å². The predicted octanol–water partition coefficient (Wildman–Crippen LogP) is 6.68. The van der Waals surface area contributed by atoms with Gasteiger partial charge in [-0.1, -0.05) is 90.9 Å². The smallest absolute Gasteiger partial charge is 0.338 e. The second kappa shape index (κ2) is 13.2. The Balaban J connectivity index is 1.55. The van der Waals surface area contributed by atoms with E-state index in [-0.39, 0.29) is 34.6 Å². The normalized spacial score (nSPS) is 14.7. The molecule has 0 radical (unpaired) electrons. The number of benzene rings is 3. The lowest BCUT2D eigenvalue weighted by atomic mass is 9.93. The number of nitrogens with zero attached hydrogens (tertiary/aromatic N) is 3. The van der Waals surface area contributed by atoms with E-state index in [0.717, 1.165) is 11.1 Å². The van der Waals surface area contributed by atoms with Crippen molar-refractivity contribution in [3.8, 4) is 11.8 Å². The van der Waals surface area contributed by atoms with E-state index in [1.165, 1.54) is 11.3 Å². The Kier molecular flexibility index (Phi) is 9.40. The van der Waals surface area contributed by atoms with E-state index in [1.807, 2.05) is 30.3 Å². The van der Waals surface area contributed by atoms with Crippen LogP contribution in [0.3, 0.4) is 0 Å². The maximum atomic E-state index is 14.0. The van der Waals surface area contributed by atoms with E-state index >= 15 is 0 Å². The second-order valence-electron chi connectivity index (χ2n) is 10.5. The molecular formula is C34H29Cl2N3O4S. The summed E-state index contributed by atoms with van der Waals surface area (Å²) in [5.74, 6) is 0.100. The lowest BCUT2D eigenvalue weighted by Crippen LogP contribution is -2.39. The third-order valence-corrected chi connectivity index (χ3v) is 8.81. The minimum absolute atomic E-state index is 0.113. The predicted molar refractivity (Wildman–Crippen MR) is 173 cm³/mol. The summed E-state index contributed by atoms with van der Waals surface area (Å²) in [6.45, 7) is 8.03. The van der Waals surface area contributed by atoms with Crippen molar-refractivity contribution in [1.29, 1.82) is 5.26 Å². The first-order valence-electron chi connectivity index (χ1n) is 14.0. The quantitative estimate of drug-likeness (QED) is 0.199. The lowest BCUT2D eigenvalue weighted by molar-refractivity contribution is -0.139. The molecule has 1 aromatic heterocycles. The summed E-state index contributed by atoms with van der Waals surface area (Å²) in [7, 11) is 0. The Morgan fingerprint density at radius 3 is 2.45 bits per heavy atom. The van der Waals surface area contributed by atoms with Gasteiger partial charge in [-0.2, -0.15) is 5.26 Å². The molecule has 0 saturated heterocycles. The number of thiazole rings is 1. The maximum Gasteiger partial charge on any atom is 0.338 e. The highest BCUT2D eigenvalue weighted by atomic mass is 35.5. The maximum absolute atomic E-state index is 14.0. The van der Waals surface area contributed by atoms with Gasteiger partial charge in [-0.3, -0.25) is 9.36 Å². The van der Waals surface area contributed by atoms with Crippen molar-refractivity contribution in [3.63, 3.8) is 0 Å². The van der Waals surface area contributed by atoms with Gasteiger partial charge in [-0.15, -0.1) is 0 Å². The van der Waals surface area contributed by atoms with Crippen LogP contribution in [0.2, 0.25) is 10.0 Å². The summed E-state index contributed by atoms with van der Waals surface area (Å²) >= 11 is 14.4. The molecule has 4 aromatic rings. The highest BCUT2D eigenvalue weighted by molar-refractivity contribution is 7.07. The zero-order chi connectivity index (χ0) is 31.5. The third-order valence-electron chi connectivity index (χ3n) is 7.26. The molecule has 1 atom stereocenters. The zero-order valence-electron chi connectivity index (χ0n) is 24.6. The number of hydrogen-bond donors (Lipinski definition) is 0. The number of hydrogen-bond acceptors (Lipinski definition) is 7. The molecule has 0 aliphatic carbocycles. The van der Waals surface area contributed by atoms with Gasteiger partial charge in [0.05, 0.1) is 50.1 Å². The van der Waals surface area contributed by atoms with Gasteiger partial charge in [-0.25, -0.2) is 9.79 Å². The van der Waals surface area contributed by atoms with Crippen molar-refractivity contribution in [2.24, 2.45) is 4.99 Å². The summed E-state index contributed by atoms with van der Waals surface area (Å²) < 4.78 is 13.2. The van der Waals surface area contributed by atoms with Crippen LogP contribution >= 0.6 is 34.5 Å². The standard InChI is InChI=1S/C34H29Cl2N3O4S/c1-5-42-33(41)29-20(4)38-34-39(30(29)23-12-10-22(11-13-23)19(2)3)32(40)28(44-34)16-21-14-26(35)31(27(36)15-21)43-18-25-9-7-6-8-24(25)17-37/h6-16,19,30H,5,18H2,1-4H3/b28-16+. The van der Waals surface area contributed by atoms with E-state index < -0.39 is 12.0 Å². The van der Waals surface area contributed by atoms with E-state index in [0.29, 0.717) is 43.2 Å². The number of halogens is 2. The number of esters is 1. The largest absolute Gasteiger partial charge is 0.486 e. The fraction of sp³-hybridized carbons (Fsp3) is 0.235. The van der Waals surface area contributed by atoms with Gasteiger partial charge >= 0.3 is 5.97 Å². The van der Waals surface area contributed by atoms with Gasteiger partial charge in [0.25, 0.3) is 5.56 Å². The molecular weight excluding hydrogens is 617 g/mol. The van der Waals surface area contributed by atoms with Gasteiger partial charge in [0.15, 0.2) is 10.6 Å².